The number of amides is 5. The molecule has 1 saturated carbocycles. The molecule has 334 valence electrons. The van der Waals surface area contributed by atoms with Gasteiger partial charge >= 0.3 is 0 Å². The van der Waals surface area contributed by atoms with Gasteiger partial charge < -0.3 is 30.9 Å². The number of pyridine rings is 1. The van der Waals surface area contributed by atoms with Crippen molar-refractivity contribution >= 4 is 46.9 Å². The Morgan fingerprint density at radius 3 is 2.10 bits per heavy atom. The Morgan fingerprint density at radius 1 is 0.883 bits per heavy atom. The minimum atomic E-state index is -1.14. The van der Waals surface area contributed by atoms with E-state index < -0.39 is 71.0 Å². The molecule has 60 heavy (non-hydrogen) atoms. The lowest BCUT2D eigenvalue weighted by Crippen LogP contribution is -2.62. The predicted molar refractivity (Wildman–Crippen MR) is 232 cm³/mol. The lowest BCUT2D eigenvalue weighted by Gasteiger charge is -2.37. The average molecular weight is 858 g/mol. The second-order valence-electron chi connectivity index (χ2n) is 16.3. The first-order valence-corrected chi connectivity index (χ1v) is 22.0. The molecule has 2 aromatic rings. The molecule has 4 N–H and O–H groups in total. The number of aromatic nitrogens is 3. The summed E-state index contributed by atoms with van der Waals surface area (Å²) in [5.74, 6) is -3.71. The molecule has 0 bridgehead atoms. The number of halogens is 1. The van der Waals surface area contributed by atoms with Gasteiger partial charge in [-0.25, -0.2) is 9.97 Å². The lowest BCUT2D eigenvalue weighted by molar-refractivity contribution is -0.145. The molecule has 1 aliphatic heterocycles. The van der Waals surface area contributed by atoms with Crippen molar-refractivity contribution in [1.82, 2.24) is 41.1 Å². The Labute approximate surface area is 361 Å². The number of Topliss-reactive ketones (excluding diaryl/α,β-unsaturated/α-hetero) is 1. The monoisotopic (exact) mass is 856 g/mol. The Hall–Kier alpha value is -4.66. The van der Waals surface area contributed by atoms with Crippen LogP contribution in [-0.4, -0.2) is 98.0 Å². The highest BCUT2D eigenvalue weighted by molar-refractivity contribution is 6.38. The van der Waals surface area contributed by atoms with Crippen LogP contribution in [0.25, 0.3) is 0 Å². The van der Waals surface area contributed by atoms with Crippen LogP contribution in [0.3, 0.4) is 0 Å². The molecule has 0 spiro atoms. The van der Waals surface area contributed by atoms with Gasteiger partial charge in [-0.3, -0.25) is 33.8 Å². The van der Waals surface area contributed by atoms with Crippen molar-refractivity contribution in [3.63, 3.8) is 0 Å². The molecule has 0 radical (unpaired) electrons. The highest BCUT2D eigenvalue weighted by atomic mass is 35.5. The average Bonchev–Trinajstić information content (AvgIpc) is 3.67. The molecule has 2 aromatic heterocycles. The van der Waals surface area contributed by atoms with Gasteiger partial charge in [-0.1, -0.05) is 107 Å². The van der Waals surface area contributed by atoms with Crippen molar-refractivity contribution in [2.45, 2.75) is 164 Å². The summed E-state index contributed by atoms with van der Waals surface area (Å²) in [5, 5.41) is 11.7. The standard InChI is InChI=1S/C40H57ClN8O7.2C2H6/c1-8-12-28(33(50)38(54)45-24(4)23(2)3)46-36(52)30-19-27(56-31-16-15-26(41)20-44-31)22-49(30)39(55)34(40(5,6)7)48-37(53)32(25-13-10-9-11-14-25)47-35(51)29-21-42-17-18-43-29;2*1-2/h15-18,20-21,23-25,27-28,30,32,34H,8-14,19,22H2,1-7H3,(H,45,54)(H,46,52)(H,47,51)(H,48,53);2*1-2H3/t24-,27+,28-,30-,32?,34+;;/m0../s1. The van der Waals surface area contributed by atoms with E-state index in [2.05, 4.69) is 36.2 Å². The summed E-state index contributed by atoms with van der Waals surface area (Å²) in [7, 11) is 0. The summed E-state index contributed by atoms with van der Waals surface area (Å²) in [6.45, 7) is 20.8. The van der Waals surface area contributed by atoms with Crippen LogP contribution in [0.15, 0.2) is 36.9 Å². The van der Waals surface area contributed by atoms with E-state index in [1.807, 2.05) is 48.5 Å². The molecule has 16 heteroatoms. The number of rotatable bonds is 16. The minimum Gasteiger partial charge on any atom is -0.472 e. The lowest BCUT2D eigenvalue weighted by atomic mass is 9.82. The van der Waals surface area contributed by atoms with Crippen molar-refractivity contribution in [1.29, 1.82) is 0 Å². The second-order valence-corrected chi connectivity index (χ2v) is 16.7. The first-order chi connectivity index (χ1) is 28.5. The van der Waals surface area contributed by atoms with E-state index >= 15 is 0 Å². The Kier molecular flexibility index (Phi) is 21.6. The number of ether oxygens (including phenoxy) is 1. The maximum Gasteiger partial charge on any atom is 0.289 e. The zero-order chi connectivity index (χ0) is 45.2. The zero-order valence-electron chi connectivity index (χ0n) is 37.5. The highest BCUT2D eigenvalue weighted by Gasteiger charge is 2.47. The predicted octanol–water partition coefficient (Wildman–Crippen LogP) is 5.85. The van der Waals surface area contributed by atoms with Gasteiger partial charge in [0.25, 0.3) is 11.8 Å². The quantitative estimate of drug-likeness (QED) is 0.149. The first-order valence-electron chi connectivity index (χ1n) is 21.6. The van der Waals surface area contributed by atoms with Crippen LogP contribution in [-0.2, 0) is 24.0 Å². The maximum absolute atomic E-state index is 14.8. The molecule has 15 nitrogen and oxygen atoms in total. The second kappa shape index (κ2) is 25.2. The summed E-state index contributed by atoms with van der Waals surface area (Å²) < 4.78 is 6.12. The number of ketones is 1. The van der Waals surface area contributed by atoms with Gasteiger partial charge in [-0.2, -0.15) is 0 Å². The number of nitrogens with zero attached hydrogens (tertiary/aromatic N) is 4. The van der Waals surface area contributed by atoms with E-state index in [1.54, 1.807) is 39.8 Å². The molecule has 6 atom stereocenters. The Bertz CT molecular complexity index is 1680. The van der Waals surface area contributed by atoms with E-state index in [9.17, 15) is 28.8 Å². The van der Waals surface area contributed by atoms with Crippen molar-refractivity contribution in [2.75, 3.05) is 6.54 Å². The number of hydrogen-bond acceptors (Lipinski definition) is 10. The molecule has 3 heterocycles. The van der Waals surface area contributed by atoms with Crippen LogP contribution in [0.5, 0.6) is 5.88 Å². The third-order valence-electron chi connectivity index (χ3n) is 10.5. The van der Waals surface area contributed by atoms with Crippen molar-refractivity contribution < 1.29 is 33.5 Å². The summed E-state index contributed by atoms with van der Waals surface area (Å²) in [6.07, 6.45) is 9.85. The molecule has 5 amide bonds. The molecule has 1 saturated heterocycles. The van der Waals surface area contributed by atoms with E-state index in [-0.39, 0.29) is 48.8 Å². The molecule has 0 aromatic carbocycles. The summed E-state index contributed by atoms with van der Waals surface area (Å²) in [4.78, 5) is 96.5. The Morgan fingerprint density at radius 2 is 1.55 bits per heavy atom. The van der Waals surface area contributed by atoms with Crippen LogP contribution in [0.1, 0.15) is 138 Å². The molecule has 1 aliphatic carbocycles. The fourth-order valence-corrected chi connectivity index (χ4v) is 7.06. The molecule has 1 unspecified atom stereocenters. The van der Waals surface area contributed by atoms with Crippen molar-refractivity contribution in [3.05, 3.63) is 47.6 Å². The van der Waals surface area contributed by atoms with Gasteiger partial charge in [0.2, 0.25) is 29.4 Å². The third kappa shape index (κ3) is 15.1. The zero-order valence-corrected chi connectivity index (χ0v) is 38.2. The number of hydrogen-bond donors (Lipinski definition) is 4. The third-order valence-corrected chi connectivity index (χ3v) is 10.7. The Balaban J connectivity index is 0.00000301. The topological polar surface area (TPSA) is 202 Å². The van der Waals surface area contributed by atoms with Gasteiger partial charge in [0.05, 0.1) is 23.8 Å². The van der Waals surface area contributed by atoms with Crippen LogP contribution in [0.4, 0.5) is 0 Å². The van der Waals surface area contributed by atoms with Gasteiger partial charge in [-0.15, -0.1) is 0 Å². The van der Waals surface area contributed by atoms with E-state index in [4.69, 9.17) is 16.3 Å². The normalized spacial score (nSPS) is 18.5. The smallest absolute Gasteiger partial charge is 0.289 e. The molecular weight excluding hydrogens is 788 g/mol. The van der Waals surface area contributed by atoms with Crippen LogP contribution in [0.2, 0.25) is 5.02 Å². The summed E-state index contributed by atoms with van der Waals surface area (Å²) in [6, 6.07) is -1.45. The molecule has 2 fully saturated rings. The minimum absolute atomic E-state index is 0.0369. The number of likely N-dealkylation sites (tertiary alicyclic amines) is 1. The van der Waals surface area contributed by atoms with Crippen molar-refractivity contribution in [3.8, 4) is 5.88 Å². The molecule has 2 aliphatic rings. The highest BCUT2D eigenvalue weighted by Crippen LogP contribution is 2.30. The summed E-state index contributed by atoms with van der Waals surface area (Å²) in [5.41, 5.74) is -0.800. The van der Waals surface area contributed by atoms with E-state index in [0.29, 0.717) is 24.3 Å². The SMILES string of the molecule is CC.CC.CCC[C@H](NC(=O)[C@@H]1C[C@@H](Oc2ccc(Cl)cn2)CN1C(=O)[C@@H](NC(=O)C(NC(=O)c1cnccn1)C1CCCCC1)C(C)(C)C)C(=O)C(=O)N[C@@H](C)C(C)C. The van der Waals surface area contributed by atoms with Crippen LogP contribution >= 0.6 is 11.6 Å². The maximum atomic E-state index is 14.8. The fourth-order valence-electron chi connectivity index (χ4n) is 6.95. The molecular formula is C44H69ClN8O7. The van der Waals surface area contributed by atoms with Gasteiger partial charge in [0.1, 0.15) is 29.9 Å². The van der Waals surface area contributed by atoms with Crippen LogP contribution in [0, 0.1) is 17.3 Å². The van der Waals surface area contributed by atoms with Gasteiger partial charge in [0.15, 0.2) is 0 Å². The van der Waals surface area contributed by atoms with Gasteiger partial charge in [0, 0.05) is 37.1 Å². The first kappa shape index (κ1) is 51.5. The summed E-state index contributed by atoms with van der Waals surface area (Å²) >= 11 is 6.03. The largest absolute Gasteiger partial charge is 0.472 e. The molecule has 4 rings (SSSR count). The van der Waals surface area contributed by atoms with Crippen LogP contribution < -0.4 is 26.0 Å². The van der Waals surface area contributed by atoms with Gasteiger partial charge in [-0.05, 0) is 49.5 Å². The van der Waals surface area contributed by atoms with E-state index in [0.717, 1.165) is 19.3 Å². The number of carbonyl (C=O) groups excluding carboxylic acids is 6. The van der Waals surface area contributed by atoms with Crippen molar-refractivity contribution in [2.24, 2.45) is 17.3 Å². The number of carbonyl (C=O) groups is 6. The fraction of sp³-hybridized carbons (Fsp3) is 0.659. The van der Waals surface area contributed by atoms with E-state index in [1.165, 1.54) is 29.7 Å². The number of nitrogens with one attached hydrogen (secondary N) is 4.